The SMILES string of the molecule is O=C(Nc1c2c(cc3c1OCC3)OCC2)C1CCCCC1. The summed E-state index contributed by atoms with van der Waals surface area (Å²) in [5.41, 5.74) is 3.16. The highest BCUT2D eigenvalue weighted by atomic mass is 16.5. The first kappa shape index (κ1) is 13.0. The van der Waals surface area contributed by atoms with E-state index in [0.29, 0.717) is 13.2 Å². The fourth-order valence-electron chi connectivity index (χ4n) is 3.71. The van der Waals surface area contributed by atoms with Gasteiger partial charge in [0.15, 0.2) is 0 Å². The summed E-state index contributed by atoms with van der Waals surface area (Å²) in [5, 5.41) is 3.17. The quantitative estimate of drug-likeness (QED) is 0.909. The van der Waals surface area contributed by atoms with Crippen molar-refractivity contribution in [2.75, 3.05) is 18.5 Å². The summed E-state index contributed by atoms with van der Waals surface area (Å²) in [6, 6.07) is 2.08. The minimum atomic E-state index is 0.160. The standard InChI is InChI=1S/C17H21NO3/c19-17(11-4-2-1-3-5-11)18-15-13-7-9-20-14(13)10-12-6-8-21-16(12)15/h10-11H,1-9H2,(H,18,19). The zero-order valence-electron chi connectivity index (χ0n) is 12.2. The molecule has 1 aromatic carbocycles. The van der Waals surface area contributed by atoms with Crippen LogP contribution >= 0.6 is 0 Å². The highest BCUT2D eigenvalue weighted by Gasteiger charge is 2.29. The molecular formula is C17H21NO3. The molecule has 4 rings (SSSR count). The molecule has 1 amide bonds. The van der Waals surface area contributed by atoms with Crippen LogP contribution in [-0.2, 0) is 17.6 Å². The van der Waals surface area contributed by atoms with Gasteiger partial charge in [-0.2, -0.15) is 0 Å². The first-order chi connectivity index (χ1) is 10.3. The van der Waals surface area contributed by atoms with Crippen molar-refractivity contribution in [3.8, 4) is 11.5 Å². The lowest BCUT2D eigenvalue weighted by Crippen LogP contribution is -2.25. The molecule has 112 valence electrons. The zero-order chi connectivity index (χ0) is 14.2. The first-order valence-electron chi connectivity index (χ1n) is 8.08. The van der Waals surface area contributed by atoms with Gasteiger partial charge in [-0.05, 0) is 18.9 Å². The minimum Gasteiger partial charge on any atom is -0.493 e. The molecule has 4 heteroatoms. The van der Waals surface area contributed by atoms with Crippen LogP contribution in [0.1, 0.15) is 43.2 Å². The van der Waals surface area contributed by atoms with Crippen molar-refractivity contribution >= 4 is 11.6 Å². The Morgan fingerprint density at radius 1 is 1.10 bits per heavy atom. The summed E-state index contributed by atoms with van der Waals surface area (Å²) in [6.45, 7) is 1.40. The number of carbonyl (C=O) groups excluding carboxylic acids is 1. The number of ether oxygens (including phenoxy) is 2. The lowest BCUT2D eigenvalue weighted by atomic mass is 9.88. The van der Waals surface area contributed by atoms with Gasteiger partial charge in [0.1, 0.15) is 11.5 Å². The van der Waals surface area contributed by atoms with E-state index in [0.717, 1.165) is 54.0 Å². The molecule has 0 saturated heterocycles. The average molecular weight is 287 g/mol. The van der Waals surface area contributed by atoms with Gasteiger partial charge in [-0.3, -0.25) is 4.79 Å². The normalized spacial score (nSPS) is 20.4. The van der Waals surface area contributed by atoms with Crippen molar-refractivity contribution in [2.24, 2.45) is 5.92 Å². The predicted molar refractivity (Wildman–Crippen MR) is 80.0 cm³/mol. The number of hydrogen-bond donors (Lipinski definition) is 1. The van der Waals surface area contributed by atoms with Gasteiger partial charge < -0.3 is 14.8 Å². The van der Waals surface area contributed by atoms with Gasteiger partial charge in [0.05, 0.1) is 18.9 Å². The van der Waals surface area contributed by atoms with Crippen LogP contribution in [0.2, 0.25) is 0 Å². The van der Waals surface area contributed by atoms with Gasteiger partial charge >= 0.3 is 0 Å². The Morgan fingerprint density at radius 2 is 1.90 bits per heavy atom. The van der Waals surface area contributed by atoms with Crippen LogP contribution in [0, 0.1) is 5.92 Å². The van der Waals surface area contributed by atoms with E-state index in [9.17, 15) is 4.79 Å². The molecule has 1 aliphatic carbocycles. The molecule has 1 saturated carbocycles. The number of fused-ring (bicyclic) bond motifs is 2. The van der Waals surface area contributed by atoms with Crippen LogP contribution in [0.25, 0.3) is 0 Å². The Balaban J connectivity index is 1.64. The zero-order valence-corrected chi connectivity index (χ0v) is 12.2. The first-order valence-corrected chi connectivity index (χ1v) is 8.08. The van der Waals surface area contributed by atoms with Crippen LogP contribution in [-0.4, -0.2) is 19.1 Å². The molecule has 3 aliphatic rings. The van der Waals surface area contributed by atoms with Crippen molar-refractivity contribution in [3.05, 3.63) is 17.2 Å². The molecule has 1 N–H and O–H groups in total. The molecule has 0 radical (unpaired) electrons. The van der Waals surface area contributed by atoms with Crippen molar-refractivity contribution < 1.29 is 14.3 Å². The monoisotopic (exact) mass is 287 g/mol. The van der Waals surface area contributed by atoms with E-state index in [4.69, 9.17) is 9.47 Å². The Morgan fingerprint density at radius 3 is 2.76 bits per heavy atom. The molecule has 4 nitrogen and oxygen atoms in total. The van der Waals surface area contributed by atoms with Gasteiger partial charge in [-0.25, -0.2) is 0 Å². The minimum absolute atomic E-state index is 0.160. The Kier molecular flexibility index (Phi) is 3.24. The second kappa shape index (κ2) is 5.24. The lowest BCUT2D eigenvalue weighted by molar-refractivity contribution is -0.120. The average Bonchev–Trinajstić information content (AvgIpc) is 3.16. The van der Waals surface area contributed by atoms with Crippen molar-refractivity contribution in [2.45, 2.75) is 44.9 Å². The third-order valence-corrected chi connectivity index (χ3v) is 4.87. The van der Waals surface area contributed by atoms with E-state index < -0.39 is 0 Å². The number of amides is 1. The third-order valence-electron chi connectivity index (χ3n) is 4.87. The topological polar surface area (TPSA) is 47.6 Å². The fourth-order valence-corrected chi connectivity index (χ4v) is 3.71. The summed E-state index contributed by atoms with van der Waals surface area (Å²) >= 11 is 0. The lowest BCUT2D eigenvalue weighted by Gasteiger charge is -2.22. The molecule has 0 atom stereocenters. The van der Waals surface area contributed by atoms with E-state index >= 15 is 0 Å². The van der Waals surface area contributed by atoms with Crippen LogP contribution in [0.5, 0.6) is 11.5 Å². The Bertz CT molecular complexity index is 544. The van der Waals surface area contributed by atoms with Crippen LogP contribution in [0.3, 0.4) is 0 Å². The van der Waals surface area contributed by atoms with E-state index in [2.05, 4.69) is 11.4 Å². The second-order valence-electron chi connectivity index (χ2n) is 6.24. The number of benzene rings is 1. The third kappa shape index (κ3) is 2.27. The van der Waals surface area contributed by atoms with Crippen LogP contribution in [0.15, 0.2) is 6.07 Å². The highest BCUT2D eigenvalue weighted by Crippen LogP contribution is 2.44. The summed E-state index contributed by atoms with van der Waals surface area (Å²) < 4.78 is 11.5. The summed E-state index contributed by atoms with van der Waals surface area (Å²) in [7, 11) is 0. The number of nitrogens with one attached hydrogen (secondary N) is 1. The van der Waals surface area contributed by atoms with Crippen LogP contribution in [0.4, 0.5) is 5.69 Å². The molecule has 0 bridgehead atoms. The number of anilines is 1. The number of hydrogen-bond acceptors (Lipinski definition) is 3. The van der Waals surface area contributed by atoms with E-state index in [1.54, 1.807) is 0 Å². The van der Waals surface area contributed by atoms with E-state index in [1.807, 2.05) is 0 Å². The van der Waals surface area contributed by atoms with Gasteiger partial charge in [-0.15, -0.1) is 0 Å². The molecule has 21 heavy (non-hydrogen) atoms. The predicted octanol–water partition coefficient (Wildman–Crippen LogP) is 3.08. The van der Waals surface area contributed by atoms with Gasteiger partial charge in [0, 0.05) is 29.9 Å². The maximum absolute atomic E-state index is 12.6. The molecule has 2 heterocycles. The molecule has 1 fully saturated rings. The van der Waals surface area contributed by atoms with Gasteiger partial charge in [0.2, 0.25) is 5.91 Å². The van der Waals surface area contributed by atoms with Gasteiger partial charge in [0.25, 0.3) is 0 Å². The van der Waals surface area contributed by atoms with E-state index in [1.165, 1.54) is 19.3 Å². The van der Waals surface area contributed by atoms with Crippen LogP contribution < -0.4 is 14.8 Å². The van der Waals surface area contributed by atoms with E-state index in [-0.39, 0.29) is 11.8 Å². The number of carbonyl (C=O) groups is 1. The molecule has 0 spiro atoms. The molecule has 0 unspecified atom stereocenters. The van der Waals surface area contributed by atoms with Crippen molar-refractivity contribution in [1.82, 2.24) is 0 Å². The fraction of sp³-hybridized carbons (Fsp3) is 0.588. The summed E-state index contributed by atoms with van der Waals surface area (Å²) in [5.74, 6) is 2.13. The second-order valence-corrected chi connectivity index (χ2v) is 6.24. The van der Waals surface area contributed by atoms with Gasteiger partial charge in [-0.1, -0.05) is 19.3 Å². The summed E-state index contributed by atoms with van der Waals surface area (Å²) in [6.07, 6.45) is 7.38. The molecule has 2 aliphatic heterocycles. The van der Waals surface area contributed by atoms with Crippen molar-refractivity contribution in [3.63, 3.8) is 0 Å². The molecule has 0 aromatic heterocycles. The summed E-state index contributed by atoms with van der Waals surface area (Å²) in [4.78, 5) is 12.6. The smallest absolute Gasteiger partial charge is 0.227 e. The molecular weight excluding hydrogens is 266 g/mol. The highest BCUT2D eigenvalue weighted by molar-refractivity contribution is 5.96. The Hall–Kier alpha value is -1.71. The number of rotatable bonds is 2. The maximum Gasteiger partial charge on any atom is 0.227 e. The van der Waals surface area contributed by atoms with Crippen molar-refractivity contribution in [1.29, 1.82) is 0 Å². The molecule has 1 aromatic rings. The Labute approximate surface area is 124 Å². The largest absolute Gasteiger partial charge is 0.493 e. The maximum atomic E-state index is 12.6.